The Labute approximate surface area is 223 Å². The number of aromatic nitrogens is 2. The molecule has 38 heavy (non-hydrogen) atoms. The number of hydrazone groups is 1. The number of anilines is 1. The van der Waals surface area contributed by atoms with Crippen molar-refractivity contribution >= 4 is 45.3 Å². The highest BCUT2D eigenvalue weighted by Crippen LogP contribution is 2.22. The Kier molecular flexibility index (Phi) is 7.76. The largest absolute Gasteiger partial charge is 0.488 e. The van der Waals surface area contributed by atoms with Gasteiger partial charge in [0.2, 0.25) is 11.0 Å². The summed E-state index contributed by atoms with van der Waals surface area (Å²) in [5.74, 6) is 0.0116. The molecule has 0 spiro atoms. The molecular weight excluding hydrogens is 498 g/mol. The van der Waals surface area contributed by atoms with Crippen LogP contribution in [0.4, 0.5) is 5.13 Å². The van der Waals surface area contributed by atoms with Gasteiger partial charge in [-0.25, -0.2) is 5.43 Å². The first-order chi connectivity index (χ1) is 18.7. The average molecular weight is 522 g/mol. The molecule has 0 bridgehead atoms. The fourth-order valence-corrected chi connectivity index (χ4v) is 4.51. The molecule has 0 radical (unpaired) electrons. The number of hydrogen-bond donors (Lipinski definition) is 2. The number of carbonyl (C=O) groups excluding carboxylic acids is 2. The zero-order valence-corrected chi connectivity index (χ0v) is 21.0. The predicted molar refractivity (Wildman–Crippen MR) is 148 cm³/mol. The van der Waals surface area contributed by atoms with Crippen molar-refractivity contribution in [1.82, 2.24) is 15.6 Å². The number of nitrogens with one attached hydrogen (secondary N) is 2. The monoisotopic (exact) mass is 521 g/mol. The number of nitrogens with zero attached hydrogens (tertiary/aromatic N) is 3. The second kappa shape index (κ2) is 11.9. The Hall–Kier alpha value is -4.89. The lowest BCUT2D eigenvalue weighted by Crippen LogP contribution is -2.19. The van der Waals surface area contributed by atoms with Crippen molar-refractivity contribution < 1.29 is 14.3 Å². The summed E-state index contributed by atoms with van der Waals surface area (Å²) in [6, 6.07) is 30.6. The molecular formula is C29H23N5O3S. The Bertz CT molecular complexity index is 1600. The van der Waals surface area contributed by atoms with Crippen LogP contribution >= 0.6 is 11.3 Å². The molecule has 0 atom stereocenters. The van der Waals surface area contributed by atoms with Gasteiger partial charge in [0.15, 0.2) is 0 Å². The van der Waals surface area contributed by atoms with E-state index in [1.54, 1.807) is 30.5 Å². The normalized spacial score (nSPS) is 10.9. The second-order valence-corrected chi connectivity index (χ2v) is 9.32. The standard InChI is InChI=1S/C29H23N5O3S/c35-26(17-27-33-34-29(38-27)31-28(36)21-10-2-1-3-11-21)32-30-18-22-12-5-7-16-25(22)37-19-23-14-8-13-20-9-4-6-15-24(20)23/h1-16,18H,17,19H2,(H,32,35)(H,31,34,36). The van der Waals surface area contributed by atoms with E-state index in [9.17, 15) is 9.59 Å². The fraction of sp³-hybridized carbons (Fsp3) is 0.0690. The first-order valence-electron chi connectivity index (χ1n) is 11.8. The van der Waals surface area contributed by atoms with Crippen LogP contribution in [0.1, 0.15) is 26.5 Å². The van der Waals surface area contributed by atoms with Gasteiger partial charge in [0.05, 0.1) is 12.6 Å². The molecule has 1 aromatic heterocycles. The maximum absolute atomic E-state index is 12.4. The lowest BCUT2D eigenvalue weighted by atomic mass is 10.1. The Morgan fingerprint density at radius 2 is 1.63 bits per heavy atom. The van der Waals surface area contributed by atoms with Crippen LogP contribution in [0.5, 0.6) is 5.75 Å². The topological polar surface area (TPSA) is 106 Å². The van der Waals surface area contributed by atoms with Crippen LogP contribution in [-0.4, -0.2) is 28.2 Å². The van der Waals surface area contributed by atoms with E-state index in [2.05, 4.69) is 44.2 Å². The molecule has 0 saturated carbocycles. The Morgan fingerprint density at radius 1 is 0.868 bits per heavy atom. The summed E-state index contributed by atoms with van der Waals surface area (Å²) in [4.78, 5) is 24.6. The van der Waals surface area contributed by atoms with Gasteiger partial charge in [0.25, 0.3) is 5.91 Å². The van der Waals surface area contributed by atoms with E-state index in [-0.39, 0.29) is 18.2 Å². The first kappa shape index (κ1) is 24.8. The van der Waals surface area contributed by atoms with Gasteiger partial charge in [-0.15, -0.1) is 10.2 Å². The highest BCUT2D eigenvalue weighted by Gasteiger charge is 2.12. The van der Waals surface area contributed by atoms with E-state index in [1.807, 2.05) is 54.6 Å². The predicted octanol–water partition coefficient (Wildman–Crippen LogP) is 5.22. The van der Waals surface area contributed by atoms with E-state index in [1.165, 1.54) is 0 Å². The number of rotatable bonds is 9. The molecule has 0 saturated heterocycles. The minimum Gasteiger partial charge on any atom is -0.488 e. The third-order valence-electron chi connectivity index (χ3n) is 5.61. The molecule has 0 aliphatic carbocycles. The van der Waals surface area contributed by atoms with Crippen LogP contribution in [-0.2, 0) is 17.8 Å². The zero-order chi connectivity index (χ0) is 26.2. The number of para-hydroxylation sites is 1. The van der Waals surface area contributed by atoms with Gasteiger partial charge in [0.1, 0.15) is 17.4 Å². The van der Waals surface area contributed by atoms with Gasteiger partial charge in [-0.05, 0) is 40.6 Å². The average Bonchev–Trinajstić information content (AvgIpc) is 3.39. The van der Waals surface area contributed by atoms with E-state index >= 15 is 0 Å². The van der Waals surface area contributed by atoms with Gasteiger partial charge in [0, 0.05) is 11.1 Å². The molecule has 2 amide bonds. The summed E-state index contributed by atoms with van der Waals surface area (Å²) in [5, 5.41) is 17.8. The molecule has 2 N–H and O–H groups in total. The van der Waals surface area contributed by atoms with Crippen LogP contribution in [0.2, 0.25) is 0 Å². The van der Waals surface area contributed by atoms with Crippen LogP contribution < -0.4 is 15.5 Å². The molecule has 5 rings (SSSR count). The van der Waals surface area contributed by atoms with Crippen molar-refractivity contribution in [3.05, 3.63) is 119 Å². The lowest BCUT2D eigenvalue weighted by Gasteiger charge is -2.11. The summed E-state index contributed by atoms with van der Waals surface area (Å²) in [6.45, 7) is 0.402. The van der Waals surface area contributed by atoms with Crippen LogP contribution in [0.3, 0.4) is 0 Å². The van der Waals surface area contributed by atoms with Crippen molar-refractivity contribution in [3.8, 4) is 5.75 Å². The van der Waals surface area contributed by atoms with Crippen molar-refractivity contribution in [2.75, 3.05) is 5.32 Å². The molecule has 0 unspecified atom stereocenters. The lowest BCUT2D eigenvalue weighted by molar-refractivity contribution is -0.120. The molecule has 0 fully saturated rings. The van der Waals surface area contributed by atoms with E-state index in [4.69, 9.17) is 4.74 Å². The molecule has 0 aliphatic heterocycles. The number of benzene rings is 4. The number of amides is 2. The van der Waals surface area contributed by atoms with Gasteiger partial charge in [-0.1, -0.05) is 84.1 Å². The number of hydrogen-bond acceptors (Lipinski definition) is 7. The van der Waals surface area contributed by atoms with Gasteiger partial charge >= 0.3 is 0 Å². The van der Waals surface area contributed by atoms with Gasteiger partial charge < -0.3 is 4.74 Å². The smallest absolute Gasteiger partial charge is 0.257 e. The van der Waals surface area contributed by atoms with E-state index < -0.39 is 0 Å². The van der Waals surface area contributed by atoms with Crippen LogP contribution in [0.25, 0.3) is 10.8 Å². The minimum atomic E-state index is -0.354. The zero-order valence-electron chi connectivity index (χ0n) is 20.2. The number of fused-ring (bicyclic) bond motifs is 1. The van der Waals surface area contributed by atoms with E-state index in [0.29, 0.717) is 28.1 Å². The molecule has 9 heteroatoms. The highest BCUT2D eigenvalue weighted by molar-refractivity contribution is 7.15. The van der Waals surface area contributed by atoms with Gasteiger partial charge in [-0.3, -0.25) is 14.9 Å². The molecule has 4 aromatic carbocycles. The quantitative estimate of drug-likeness (QED) is 0.205. The van der Waals surface area contributed by atoms with Crippen molar-refractivity contribution in [2.45, 2.75) is 13.0 Å². The molecule has 1 heterocycles. The first-order valence-corrected chi connectivity index (χ1v) is 12.7. The van der Waals surface area contributed by atoms with Crippen molar-refractivity contribution in [2.24, 2.45) is 5.10 Å². The van der Waals surface area contributed by atoms with Crippen LogP contribution in [0.15, 0.2) is 102 Å². The van der Waals surface area contributed by atoms with E-state index in [0.717, 1.165) is 33.2 Å². The maximum Gasteiger partial charge on any atom is 0.257 e. The third kappa shape index (κ3) is 6.26. The van der Waals surface area contributed by atoms with Gasteiger partial charge in [-0.2, -0.15) is 5.10 Å². The minimum absolute atomic E-state index is 0.0184. The molecule has 188 valence electrons. The summed E-state index contributed by atoms with van der Waals surface area (Å²) in [5.41, 5.74) is 4.83. The molecule has 5 aromatic rings. The van der Waals surface area contributed by atoms with Crippen molar-refractivity contribution in [3.63, 3.8) is 0 Å². The summed E-state index contributed by atoms with van der Waals surface area (Å²) in [6.07, 6.45) is 1.53. The maximum atomic E-state index is 12.4. The SMILES string of the molecule is O=C(Cc1nnc(NC(=O)c2ccccc2)s1)NN=Cc1ccccc1OCc1cccc2ccccc12. The Balaban J connectivity index is 1.16. The summed E-state index contributed by atoms with van der Waals surface area (Å²) >= 11 is 1.13. The summed E-state index contributed by atoms with van der Waals surface area (Å²) in [7, 11) is 0. The van der Waals surface area contributed by atoms with Crippen molar-refractivity contribution in [1.29, 1.82) is 0 Å². The second-order valence-electron chi connectivity index (χ2n) is 8.26. The third-order valence-corrected chi connectivity index (χ3v) is 6.45. The molecule has 0 aliphatic rings. The number of ether oxygens (including phenoxy) is 1. The highest BCUT2D eigenvalue weighted by atomic mass is 32.1. The molecule has 8 nitrogen and oxygen atoms in total. The fourth-order valence-electron chi connectivity index (χ4n) is 3.78. The summed E-state index contributed by atoms with van der Waals surface area (Å²) < 4.78 is 6.10. The van der Waals surface area contributed by atoms with Crippen LogP contribution in [0, 0.1) is 0 Å². The number of carbonyl (C=O) groups is 2. The Morgan fingerprint density at radius 3 is 2.53 bits per heavy atom.